The Balaban J connectivity index is 1.39. The van der Waals surface area contributed by atoms with Crippen molar-refractivity contribution in [1.29, 1.82) is 0 Å². The number of hydrogen-bond acceptors (Lipinski definition) is 6. The minimum Gasteiger partial charge on any atom is -0.493 e. The van der Waals surface area contributed by atoms with E-state index in [2.05, 4.69) is 0 Å². The van der Waals surface area contributed by atoms with Gasteiger partial charge in [-0.25, -0.2) is 9.18 Å². The van der Waals surface area contributed by atoms with Crippen LogP contribution in [0.1, 0.15) is 21.5 Å². The van der Waals surface area contributed by atoms with E-state index in [4.69, 9.17) is 9.47 Å². The lowest BCUT2D eigenvalue weighted by atomic mass is 10.0. The van der Waals surface area contributed by atoms with Gasteiger partial charge in [-0.05, 0) is 70.1 Å². The van der Waals surface area contributed by atoms with Crippen LogP contribution in [0.5, 0.6) is 11.5 Å². The van der Waals surface area contributed by atoms with E-state index in [1.54, 1.807) is 36.4 Å². The lowest BCUT2D eigenvalue weighted by molar-refractivity contribution is -0.123. The third-order valence-electron chi connectivity index (χ3n) is 5.83. The second-order valence-corrected chi connectivity index (χ2v) is 9.21. The van der Waals surface area contributed by atoms with Crippen LogP contribution in [0.3, 0.4) is 0 Å². The summed E-state index contributed by atoms with van der Waals surface area (Å²) >= 11 is 0.812. The highest BCUT2D eigenvalue weighted by molar-refractivity contribution is 8.18. The molecular formula is C29H20FNO5S. The molecule has 1 aliphatic rings. The largest absolute Gasteiger partial charge is 0.493 e. The molecule has 0 atom stereocenters. The monoisotopic (exact) mass is 513 g/mol. The molecule has 4 aromatic carbocycles. The van der Waals surface area contributed by atoms with Crippen molar-refractivity contribution in [2.75, 3.05) is 7.11 Å². The molecule has 0 spiro atoms. The minimum absolute atomic E-state index is 0.0405. The Morgan fingerprint density at radius 3 is 2.49 bits per heavy atom. The molecule has 0 aliphatic carbocycles. The summed E-state index contributed by atoms with van der Waals surface area (Å²) in [5.41, 5.74) is 1.60. The van der Waals surface area contributed by atoms with Gasteiger partial charge in [-0.15, -0.1) is 0 Å². The zero-order valence-corrected chi connectivity index (χ0v) is 20.5. The van der Waals surface area contributed by atoms with E-state index in [1.165, 1.54) is 31.4 Å². The van der Waals surface area contributed by atoms with Gasteiger partial charge in [-0.1, -0.05) is 54.6 Å². The maximum atomic E-state index is 13.2. The highest BCUT2D eigenvalue weighted by Gasteiger charge is 2.35. The van der Waals surface area contributed by atoms with Crippen molar-refractivity contribution in [3.63, 3.8) is 0 Å². The first-order chi connectivity index (χ1) is 17.9. The molecule has 0 saturated carbocycles. The number of amides is 2. The number of hydrogen-bond donors (Lipinski definition) is 0. The summed E-state index contributed by atoms with van der Waals surface area (Å²) in [4.78, 5) is 39.8. The van der Waals surface area contributed by atoms with Gasteiger partial charge in [0.05, 0.1) is 24.1 Å². The minimum atomic E-state index is -0.549. The summed E-state index contributed by atoms with van der Waals surface area (Å²) in [5, 5.41) is 1.26. The molecule has 0 unspecified atom stereocenters. The SMILES string of the molecule is COc1ccc(/C=C2\SC(=O)N(Cc3ccc(F)cc3)C2=O)cc1OC(=O)c1cccc2ccccc12. The summed E-state index contributed by atoms with van der Waals surface area (Å²) in [6.45, 7) is 0.0405. The van der Waals surface area contributed by atoms with E-state index < -0.39 is 22.9 Å². The number of rotatable bonds is 6. The first-order valence-electron chi connectivity index (χ1n) is 11.3. The lowest BCUT2D eigenvalue weighted by Gasteiger charge is -2.12. The molecule has 2 amide bonds. The highest BCUT2D eigenvalue weighted by Crippen LogP contribution is 2.35. The summed E-state index contributed by atoms with van der Waals surface area (Å²) in [6.07, 6.45) is 1.56. The third-order valence-corrected chi connectivity index (χ3v) is 6.73. The van der Waals surface area contributed by atoms with Gasteiger partial charge in [-0.3, -0.25) is 14.5 Å². The quantitative estimate of drug-likeness (QED) is 0.168. The third kappa shape index (κ3) is 5.10. The fourth-order valence-corrected chi connectivity index (χ4v) is 4.82. The van der Waals surface area contributed by atoms with Crippen molar-refractivity contribution in [2.45, 2.75) is 6.54 Å². The van der Waals surface area contributed by atoms with Gasteiger partial charge in [0.15, 0.2) is 11.5 Å². The zero-order valence-electron chi connectivity index (χ0n) is 19.6. The summed E-state index contributed by atoms with van der Waals surface area (Å²) in [5.74, 6) is -0.875. The number of carbonyl (C=O) groups is 3. The number of benzene rings is 4. The molecule has 8 heteroatoms. The van der Waals surface area contributed by atoms with Crippen molar-refractivity contribution < 1.29 is 28.2 Å². The molecule has 6 nitrogen and oxygen atoms in total. The van der Waals surface area contributed by atoms with E-state index in [0.29, 0.717) is 22.4 Å². The zero-order chi connectivity index (χ0) is 25.9. The van der Waals surface area contributed by atoms with Crippen LogP contribution in [-0.4, -0.2) is 29.1 Å². The van der Waals surface area contributed by atoms with Gasteiger partial charge < -0.3 is 9.47 Å². The van der Waals surface area contributed by atoms with Gasteiger partial charge in [0.2, 0.25) is 0 Å². The Bertz CT molecular complexity index is 1560. The molecule has 1 saturated heterocycles. The number of fused-ring (bicyclic) bond motifs is 1. The number of methoxy groups -OCH3 is 1. The van der Waals surface area contributed by atoms with E-state index in [1.807, 2.05) is 30.3 Å². The van der Waals surface area contributed by atoms with E-state index in [0.717, 1.165) is 27.4 Å². The average Bonchev–Trinajstić information content (AvgIpc) is 3.17. The number of halogens is 1. The van der Waals surface area contributed by atoms with E-state index >= 15 is 0 Å². The Morgan fingerprint density at radius 1 is 0.946 bits per heavy atom. The van der Waals surface area contributed by atoms with Crippen molar-refractivity contribution in [3.8, 4) is 11.5 Å². The smallest absolute Gasteiger partial charge is 0.344 e. The molecule has 184 valence electrons. The van der Waals surface area contributed by atoms with Gasteiger partial charge in [-0.2, -0.15) is 0 Å². The van der Waals surface area contributed by atoms with Gasteiger partial charge in [0.25, 0.3) is 11.1 Å². The maximum Gasteiger partial charge on any atom is 0.344 e. The standard InChI is InChI=1S/C29H20FNO5S/c1-35-24-14-11-19(15-25(24)36-28(33)23-8-4-6-20-5-2-3-7-22(20)23)16-26-27(32)31(29(34)37-26)17-18-9-12-21(30)13-10-18/h2-16H,17H2,1H3/b26-16-. The van der Waals surface area contributed by atoms with E-state index in [-0.39, 0.29) is 17.2 Å². The van der Waals surface area contributed by atoms with Crippen LogP contribution in [0.4, 0.5) is 9.18 Å². The number of esters is 1. The molecule has 0 radical (unpaired) electrons. The van der Waals surface area contributed by atoms with Crippen molar-refractivity contribution in [1.82, 2.24) is 4.90 Å². The molecule has 4 aromatic rings. The second kappa shape index (κ2) is 10.3. The molecule has 0 aromatic heterocycles. The van der Waals surface area contributed by atoms with Crippen molar-refractivity contribution >= 4 is 45.7 Å². The predicted octanol–water partition coefficient (Wildman–Crippen LogP) is 6.44. The van der Waals surface area contributed by atoms with Gasteiger partial charge in [0, 0.05) is 0 Å². The fraction of sp³-hybridized carbons (Fsp3) is 0.0690. The first kappa shape index (κ1) is 24.3. The topological polar surface area (TPSA) is 72.9 Å². The second-order valence-electron chi connectivity index (χ2n) is 8.22. The van der Waals surface area contributed by atoms with Gasteiger partial charge >= 0.3 is 5.97 Å². The Labute approximate surface area is 216 Å². The molecule has 5 rings (SSSR count). The Morgan fingerprint density at radius 2 is 1.70 bits per heavy atom. The number of imide groups is 1. The Hall–Kier alpha value is -4.43. The van der Waals surface area contributed by atoms with E-state index in [9.17, 15) is 18.8 Å². The maximum absolute atomic E-state index is 13.2. The molecule has 0 N–H and O–H groups in total. The molecule has 1 fully saturated rings. The summed E-state index contributed by atoms with van der Waals surface area (Å²) in [6, 6.07) is 23.4. The van der Waals surface area contributed by atoms with Crippen LogP contribution in [0.15, 0.2) is 89.8 Å². The van der Waals surface area contributed by atoms with Crippen LogP contribution >= 0.6 is 11.8 Å². The first-order valence-corrected chi connectivity index (χ1v) is 12.1. The van der Waals surface area contributed by atoms with Crippen LogP contribution in [0.25, 0.3) is 16.8 Å². The van der Waals surface area contributed by atoms with Crippen LogP contribution in [0.2, 0.25) is 0 Å². The molecule has 37 heavy (non-hydrogen) atoms. The summed E-state index contributed by atoms with van der Waals surface area (Å²) in [7, 11) is 1.46. The normalized spacial score (nSPS) is 14.4. The number of carbonyl (C=O) groups excluding carboxylic acids is 3. The van der Waals surface area contributed by atoms with Crippen LogP contribution < -0.4 is 9.47 Å². The predicted molar refractivity (Wildman–Crippen MR) is 140 cm³/mol. The molecule has 1 heterocycles. The van der Waals surface area contributed by atoms with Gasteiger partial charge in [0.1, 0.15) is 5.82 Å². The number of thioether (sulfide) groups is 1. The Kier molecular flexibility index (Phi) is 6.74. The van der Waals surface area contributed by atoms with Crippen LogP contribution in [0, 0.1) is 5.82 Å². The number of nitrogens with zero attached hydrogens (tertiary/aromatic N) is 1. The highest BCUT2D eigenvalue weighted by atomic mass is 32.2. The molecule has 0 bridgehead atoms. The number of ether oxygens (including phenoxy) is 2. The fourth-order valence-electron chi connectivity index (χ4n) is 3.98. The molecule has 1 aliphatic heterocycles. The molecular weight excluding hydrogens is 493 g/mol. The lowest BCUT2D eigenvalue weighted by Crippen LogP contribution is -2.27. The van der Waals surface area contributed by atoms with Crippen molar-refractivity contribution in [3.05, 3.63) is 112 Å². The average molecular weight is 514 g/mol. The van der Waals surface area contributed by atoms with Crippen LogP contribution in [-0.2, 0) is 11.3 Å². The summed E-state index contributed by atoms with van der Waals surface area (Å²) < 4.78 is 24.3. The van der Waals surface area contributed by atoms with Crippen molar-refractivity contribution in [2.24, 2.45) is 0 Å².